The summed E-state index contributed by atoms with van der Waals surface area (Å²) in [4.78, 5) is 35.6. The van der Waals surface area contributed by atoms with E-state index in [0.29, 0.717) is 25.8 Å². The molecule has 0 heterocycles. The number of hydrogen-bond donors (Lipinski definition) is 3. The van der Waals surface area contributed by atoms with Crippen LogP contribution in [0.15, 0.2) is 69.6 Å². The standard InChI is InChI=1S/C22H15Br2NO6/c23-16-8-12(10-19(27)28)9-17(24)20(16)31-14-6-7-18(26)15(11-14)22(30)25-21(29)13-4-2-1-3-5-13/h1-9,11,26H,10H2,(H,27,28)(H,25,29,30). The van der Waals surface area contributed by atoms with Gasteiger partial charge in [0.1, 0.15) is 11.5 Å². The minimum atomic E-state index is -0.966. The number of halogens is 2. The maximum atomic E-state index is 12.5. The third-order valence-corrected chi connectivity index (χ3v) is 5.29. The van der Waals surface area contributed by atoms with Crippen molar-refractivity contribution >= 4 is 49.6 Å². The van der Waals surface area contributed by atoms with Gasteiger partial charge in [0.15, 0.2) is 5.75 Å². The number of carbonyl (C=O) groups is 3. The number of aromatic hydroxyl groups is 1. The lowest BCUT2D eigenvalue weighted by molar-refractivity contribution is -0.136. The number of carboxylic acids is 1. The molecule has 3 rings (SSSR count). The van der Waals surface area contributed by atoms with E-state index in [1.807, 2.05) is 0 Å². The van der Waals surface area contributed by atoms with Crippen LogP contribution in [0.25, 0.3) is 0 Å². The van der Waals surface area contributed by atoms with Gasteiger partial charge in [-0.25, -0.2) is 0 Å². The Morgan fingerprint density at radius 3 is 2.16 bits per heavy atom. The van der Waals surface area contributed by atoms with Crippen molar-refractivity contribution in [2.24, 2.45) is 0 Å². The Labute approximate surface area is 193 Å². The largest absolute Gasteiger partial charge is 0.507 e. The molecular weight excluding hydrogens is 534 g/mol. The summed E-state index contributed by atoms with van der Waals surface area (Å²) >= 11 is 6.69. The number of imide groups is 1. The van der Waals surface area contributed by atoms with Crippen LogP contribution >= 0.6 is 31.9 Å². The Morgan fingerprint density at radius 2 is 1.55 bits per heavy atom. The molecule has 0 saturated carbocycles. The maximum Gasteiger partial charge on any atom is 0.307 e. The van der Waals surface area contributed by atoms with Crippen LogP contribution in [0.4, 0.5) is 0 Å². The van der Waals surface area contributed by atoms with Gasteiger partial charge in [0.2, 0.25) is 0 Å². The smallest absolute Gasteiger partial charge is 0.307 e. The van der Waals surface area contributed by atoms with Crippen LogP contribution in [0.5, 0.6) is 17.2 Å². The molecule has 2 amide bonds. The Bertz CT molecular complexity index is 1140. The summed E-state index contributed by atoms with van der Waals surface area (Å²) in [7, 11) is 0. The van der Waals surface area contributed by atoms with Crippen LogP contribution in [0.2, 0.25) is 0 Å². The molecule has 0 bridgehead atoms. The van der Waals surface area contributed by atoms with E-state index in [-0.39, 0.29) is 23.5 Å². The van der Waals surface area contributed by atoms with Gasteiger partial charge in [-0.3, -0.25) is 19.7 Å². The number of phenolic OH excluding ortho intramolecular Hbond substituents is 1. The molecular formula is C22H15Br2NO6. The number of ether oxygens (including phenoxy) is 1. The topological polar surface area (TPSA) is 113 Å². The van der Waals surface area contributed by atoms with E-state index in [2.05, 4.69) is 37.2 Å². The zero-order valence-corrected chi connectivity index (χ0v) is 18.9. The van der Waals surface area contributed by atoms with Gasteiger partial charge in [-0.1, -0.05) is 18.2 Å². The molecule has 0 unspecified atom stereocenters. The molecule has 0 radical (unpaired) electrons. The molecule has 0 aliphatic heterocycles. The van der Waals surface area contributed by atoms with Crippen molar-refractivity contribution in [3.8, 4) is 17.2 Å². The predicted octanol–water partition coefficient (Wildman–Crippen LogP) is 4.91. The molecule has 0 saturated heterocycles. The normalized spacial score (nSPS) is 10.4. The molecule has 0 spiro atoms. The van der Waals surface area contributed by atoms with Gasteiger partial charge in [-0.05, 0) is 79.9 Å². The van der Waals surface area contributed by atoms with Gasteiger partial charge < -0.3 is 14.9 Å². The summed E-state index contributed by atoms with van der Waals surface area (Å²) in [6.45, 7) is 0. The van der Waals surface area contributed by atoms with Gasteiger partial charge >= 0.3 is 5.97 Å². The fourth-order valence-electron chi connectivity index (χ4n) is 2.70. The average molecular weight is 549 g/mol. The fourth-order valence-corrected chi connectivity index (χ4v) is 4.14. The van der Waals surface area contributed by atoms with E-state index in [1.165, 1.54) is 18.2 Å². The van der Waals surface area contributed by atoms with Crippen LogP contribution in [-0.2, 0) is 11.2 Å². The molecule has 3 aromatic carbocycles. The second-order valence-corrected chi connectivity index (χ2v) is 8.10. The van der Waals surface area contributed by atoms with Gasteiger partial charge in [0.25, 0.3) is 11.8 Å². The quantitative estimate of drug-likeness (QED) is 0.377. The van der Waals surface area contributed by atoms with Crippen molar-refractivity contribution < 1.29 is 29.3 Å². The zero-order chi connectivity index (χ0) is 22.5. The van der Waals surface area contributed by atoms with E-state index < -0.39 is 17.8 Å². The average Bonchev–Trinajstić information content (AvgIpc) is 2.72. The molecule has 0 fully saturated rings. The highest BCUT2D eigenvalue weighted by Crippen LogP contribution is 2.38. The zero-order valence-electron chi connectivity index (χ0n) is 15.8. The Kier molecular flexibility index (Phi) is 7.09. The summed E-state index contributed by atoms with van der Waals surface area (Å²) in [5.41, 5.74) is 0.720. The van der Waals surface area contributed by atoms with Crippen molar-refractivity contribution in [3.05, 3.63) is 86.3 Å². The van der Waals surface area contributed by atoms with E-state index in [0.717, 1.165) is 0 Å². The predicted molar refractivity (Wildman–Crippen MR) is 120 cm³/mol. The summed E-state index contributed by atoms with van der Waals surface area (Å²) in [5, 5.41) is 21.3. The van der Waals surface area contributed by atoms with E-state index in [9.17, 15) is 19.5 Å². The van der Waals surface area contributed by atoms with E-state index in [1.54, 1.807) is 42.5 Å². The van der Waals surface area contributed by atoms with Gasteiger partial charge in [-0.15, -0.1) is 0 Å². The number of aliphatic carboxylic acids is 1. The van der Waals surface area contributed by atoms with Crippen molar-refractivity contribution in [3.63, 3.8) is 0 Å². The second kappa shape index (κ2) is 9.76. The lowest BCUT2D eigenvalue weighted by Gasteiger charge is -2.13. The first-order chi connectivity index (χ1) is 14.7. The SMILES string of the molecule is O=C(O)Cc1cc(Br)c(Oc2ccc(O)c(C(=O)NC(=O)c3ccccc3)c2)c(Br)c1. The number of amides is 2. The fraction of sp³-hybridized carbons (Fsp3) is 0.0455. The first-order valence-corrected chi connectivity index (χ1v) is 10.4. The lowest BCUT2D eigenvalue weighted by atomic mass is 10.1. The summed E-state index contributed by atoms with van der Waals surface area (Å²) in [6, 6.07) is 15.5. The minimum Gasteiger partial charge on any atom is -0.507 e. The molecule has 158 valence electrons. The Balaban J connectivity index is 1.82. The molecule has 31 heavy (non-hydrogen) atoms. The summed E-state index contributed by atoms with van der Waals surface area (Å²) in [6.07, 6.45) is -0.156. The van der Waals surface area contributed by atoms with Gasteiger partial charge in [0.05, 0.1) is 20.9 Å². The van der Waals surface area contributed by atoms with Crippen LogP contribution in [0.3, 0.4) is 0 Å². The third kappa shape index (κ3) is 5.71. The van der Waals surface area contributed by atoms with E-state index in [4.69, 9.17) is 9.84 Å². The Hall–Kier alpha value is -3.17. The highest BCUT2D eigenvalue weighted by Gasteiger charge is 2.18. The Morgan fingerprint density at radius 1 is 0.903 bits per heavy atom. The highest BCUT2D eigenvalue weighted by atomic mass is 79.9. The number of hydrogen-bond acceptors (Lipinski definition) is 5. The van der Waals surface area contributed by atoms with Crippen LogP contribution < -0.4 is 10.1 Å². The second-order valence-electron chi connectivity index (χ2n) is 6.39. The molecule has 7 nitrogen and oxygen atoms in total. The lowest BCUT2D eigenvalue weighted by Crippen LogP contribution is -2.30. The maximum absolute atomic E-state index is 12.5. The van der Waals surface area contributed by atoms with Crippen LogP contribution in [0.1, 0.15) is 26.3 Å². The molecule has 0 aromatic heterocycles. The van der Waals surface area contributed by atoms with Crippen molar-refractivity contribution in [1.29, 1.82) is 0 Å². The summed E-state index contributed by atoms with van der Waals surface area (Å²) < 4.78 is 6.81. The number of benzene rings is 3. The monoisotopic (exact) mass is 547 g/mol. The molecule has 0 aliphatic carbocycles. The molecule has 3 aromatic rings. The molecule has 3 N–H and O–H groups in total. The van der Waals surface area contributed by atoms with Crippen LogP contribution in [0, 0.1) is 0 Å². The van der Waals surface area contributed by atoms with Gasteiger partial charge in [-0.2, -0.15) is 0 Å². The number of carbonyl (C=O) groups excluding carboxylic acids is 2. The summed E-state index contributed by atoms with van der Waals surface area (Å²) in [5.74, 6) is -2.09. The number of rotatable bonds is 6. The molecule has 0 aliphatic rings. The first-order valence-electron chi connectivity index (χ1n) is 8.86. The van der Waals surface area contributed by atoms with E-state index >= 15 is 0 Å². The number of phenols is 1. The number of carboxylic acid groups (broad SMARTS) is 1. The van der Waals surface area contributed by atoms with Crippen molar-refractivity contribution in [2.75, 3.05) is 0 Å². The molecule has 0 atom stereocenters. The molecule has 9 heteroatoms. The first kappa shape index (κ1) is 22.5. The van der Waals surface area contributed by atoms with Gasteiger partial charge in [0, 0.05) is 5.56 Å². The highest BCUT2D eigenvalue weighted by molar-refractivity contribution is 9.11. The van der Waals surface area contributed by atoms with Crippen LogP contribution in [-0.4, -0.2) is 28.0 Å². The number of nitrogens with one attached hydrogen (secondary N) is 1. The minimum absolute atomic E-state index is 0.142. The van der Waals surface area contributed by atoms with Crippen molar-refractivity contribution in [1.82, 2.24) is 5.32 Å². The third-order valence-electron chi connectivity index (χ3n) is 4.11. The van der Waals surface area contributed by atoms with Crippen molar-refractivity contribution in [2.45, 2.75) is 6.42 Å².